The molecule has 0 spiro atoms. The molecular formula is C17H25N3O. The number of amides is 1. The monoisotopic (exact) mass is 287 g/mol. The van der Waals surface area contributed by atoms with Crippen molar-refractivity contribution in [1.82, 2.24) is 9.80 Å². The highest BCUT2D eigenvalue weighted by Crippen LogP contribution is 2.25. The smallest absolute Gasteiger partial charge is 0.256 e. The van der Waals surface area contributed by atoms with Crippen LogP contribution in [0.2, 0.25) is 0 Å². The van der Waals surface area contributed by atoms with E-state index in [4.69, 9.17) is 0 Å². The van der Waals surface area contributed by atoms with Crippen molar-refractivity contribution in [1.29, 1.82) is 0 Å². The number of aryl methyl sites for hydroxylation is 1. The number of anilines is 1. The van der Waals surface area contributed by atoms with Crippen molar-refractivity contribution < 1.29 is 4.79 Å². The first-order valence-electron chi connectivity index (χ1n) is 8.07. The molecule has 114 valence electrons. The fourth-order valence-corrected chi connectivity index (χ4v) is 3.53. The van der Waals surface area contributed by atoms with Gasteiger partial charge in [0.2, 0.25) is 0 Å². The number of nitrogens with one attached hydrogen (secondary N) is 1. The zero-order valence-corrected chi connectivity index (χ0v) is 13.1. The Morgan fingerprint density at radius 3 is 3.00 bits per heavy atom. The first-order valence-corrected chi connectivity index (χ1v) is 8.07. The van der Waals surface area contributed by atoms with Crippen molar-refractivity contribution in [3.05, 3.63) is 29.3 Å². The molecule has 2 aliphatic rings. The van der Waals surface area contributed by atoms with Crippen LogP contribution in [-0.4, -0.2) is 54.5 Å². The number of carbonyl (C=O) groups is 1. The van der Waals surface area contributed by atoms with Gasteiger partial charge in [0.15, 0.2) is 0 Å². The average molecular weight is 287 g/mol. The van der Waals surface area contributed by atoms with E-state index >= 15 is 0 Å². The van der Waals surface area contributed by atoms with E-state index < -0.39 is 0 Å². The zero-order chi connectivity index (χ0) is 14.8. The molecule has 0 saturated carbocycles. The van der Waals surface area contributed by atoms with E-state index in [0.29, 0.717) is 6.04 Å². The maximum Gasteiger partial charge on any atom is 0.256 e. The van der Waals surface area contributed by atoms with Crippen molar-refractivity contribution in [2.24, 2.45) is 0 Å². The first-order chi connectivity index (χ1) is 10.2. The minimum atomic E-state index is 0.178. The molecule has 3 rings (SSSR count). The lowest BCUT2D eigenvalue weighted by Crippen LogP contribution is -2.52. The van der Waals surface area contributed by atoms with Crippen LogP contribution in [0.1, 0.15) is 35.7 Å². The van der Waals surface area contributed by atoms with Gasteiger partial charge in [-0.25, -0.2) is 0 Å². The summed E-state index contributed by atoms with van der Waals surface area (Å²) in [4.78, 5) is 17.4. The predicted octanol–water partition coefficient (Wildman–Crippen LogP) is 2.35. The third kappa shape index (κ3) is 2.91. The fourth-order valence-electron chi connectivity index (χ4n) is 3.53. The molecule has 4 heteroatoms. The molecule has 0 aromatic heterocycles. The van der Waals surface area contributed by atoms with Gasteiger partial charge in [0.05, 0.1) is 5.56 Å². The fraction of sp³-hybridized carbons (Fsp3) is 0.588. The van der Waals surface area contributed by atoms with Crippen LogP contribution >= 0.6 is 0 Å². The number of benzene rings is 1. The van der Waals surface area contributed by atoms with Crippen LogP contribution in [0.4, 0.5) is 5.69 Å². The third-order valence-corrected chi connectivity index (χ3v) is 4.65. The summed E-state index contributed by atoms with van der Waals surface area (Å²) in [6.07, 6.45) is 2.51. The summed E-state index contributed by atoms with van der Waals surface area (Å²) in [5.74, 6) is 0.178. The lowest BCUT2D eigenvalue weighted by molar-refractivity contribution is 0.0572. The molecule has 21 heavy (non-hydrogen) atoms. The minimum absolute atomic E-state index is 0.178. The second-order valence-corrected chi connectivity index (χ2v) is 6.16. The highest BCUT2D eigenvalue weighted by atomic mass is 16.2. The Bertz CT molecular complexity index is 529. The molecule has 2 aliphatic heterocycles. The van der Waals surface area contributed by atoms with Crippen LogP contribution in [0.3, 0.4) is 0 Å². The Balaban J connectivity index is 1.78. The van der Waals surface area contributed by atoms with Crippen LogP contribution < -0.4 is 5.32 Å². The molecule has 0 bridgehead atoms. The first kappa shape index (κ1) is 14.4. The quantitative estimate of drug-likeness (QED) is 0.927. The van der Waals surface area contributed by atoms with Gasteiger partial charge in [-0.05, 0) is 50.9 Å². The summed E-state index contributed by atoms with van der Waals surface area (Å²) >= 11 is 0. The number of piperazine rings is 1. The topological polar surface area (TPSA) is 35.6 Å². The molecular weight excluding hydrogens is 262 g/mol. The van der Waals surface area contributed by atoms with Crippen LogP contribution in [0.15, 0.2) is 18.2 Å². The number of carbonyl (C=O) groups excluding carboxylic acids is 1. The van der Waals surface area contributed by atoms with Crippen molar-refractivity contribution in [2.45, 2.75) is 32.7 Å². The molecule has 1 unspecified atom stereocenters. The molecule has 1 atom stereocenters. The Hall–Kier alpha value is -1.55. The van der Waals surface area contributed by atoms with Gasteiger partial charge in [0, 0.05) is 37.9 Å². The summed E-state index contributed by atoms with van der Waals surface area (Å²) < 4.78 is 0. The molecule has 2 fully saturated rings. The summed E-state index contributed by atoms with van der Waals surface area (Å²) in [6.45, 7) is 8.94. The Morgan fingerprint density at radius 1 is 1.33 bits per heavy atom. The highest BCUT2D eigenvalue weighted by Gasteiger charge is 2.33. The van der Waals surface area contributed by atoms with Gasteiger partial charge in [-0.2, -0.15) is 0 Å². The third-order valence-electron chi connectivity index (χ3n) is 4.65. The number of fused-ring (bicyclic) bond motifs is 1. The molecule has 1 aromatic rings. The number of nitrogens with zero attached hydrogens (tertiary/aromatic N) is 2. The molecule has 1 aromatic carbocycles. The molecule has 2 heterocycles. The maximum absolute atomic E-state index is 12.9. The van der Waals surface area contributed by atoms with E-state index in [0.717, 1.165) is 37.4 Å². The van der Waals surface area contributed by atoms with Gasteiger partial charge >= 0.3 is 0 Å². The SMILES string of the molecule is CCNc1cc(C)ccc1C(=O)N1CCN2CCCC2C1. The largest absolute Gasteiger partial charge is 0.385 e. The van der Waals surface area contributed by atoms with E-state index in [9.17, 15) is 4.79 Å². The average Bonchev–Trinajstić information content (AvgIpc) is 2.94. The number of hydrogen-bond acceptors (Lipinski definition) is 3. The number of rotatable bonds is 3. The second-order valence-electron chi connectivity index (χ2n) is 6.16. The van der Waals surface area contributed by atoms with E-state index in [1.54, 1.807) is 0 Å². The molecule has 4 nitrogen and oxygen atoms in total. The lowest BCUT2D eigenvalue weighted by atomic mass is 10.1. The van der Waals surface area contributed by atoms with Gasteiger partial charge < -0.3 is 10.2 Å². The van der Waals surface area contributed by atoms with Gasteiger partial charge in [-0.3, -0.25) is 9.69 Å². The van der Waals surface area contributed by atoms with E-state index in [-0.39, 0.29) is 5.91 Å². The van der Waals surface area contributed by atoms with Crippen LogP contribution in [0.5, 0.6) is 0 Å². The Morgan fingerprint density at radius 2 is 2.19 bits per heavy atom. The van der Waals surface area contributed by atoms with Gasteiger partial charge in [-0.1, -0.05) is 6.07 Å². The van der Waals surface area contributed by atoms with Gasteiger partial charge in [0.1, 0.15) is 0 Å². The maximum atomic E-state index is 12.9. The number of hydrogen-bond donors (Lipinski definition) is 1. The van der Waals surface area contributed by atoms with Crippen molar-refractivity contribution in [2.75, 3.05) is 38.0 Å². The van der Waals surface area contributed by atoms with Crippen LogP contribution in [0.25, 0.3) is 0 Å². The normalized spacial score (nSPS) is 22.2. The van der Waals surface area contributed by atoms with Gasteiger partial charge in [0.25, 0.3) is 5.91 Å². The summed E-state index contributed by atoms with van der Waals surface area (Å²) in [5.41, 5.74) is 2.97. The highest BCUT2D eigenvalue weighted by molar-refractivity contribution is 5.99. The molecule has 2 saturated heterocycles. The molecule has 1 amide bonds. The Kier molecular flexibility index (Phi) is 4.15. The predicted molar refractivity (Wildman–Crippen MR) is 85.8 cm³/mol. The van der Waals surface area contributed by atoms with Crippen LogP contribution in [0, 0.1) is 6.92 Å². The van der Waals surface area contributed by atoms with Crippen molar-refractivity contribution in [3.63, 3.8) is 0 Å². The zero-order valence-electron chi connectivity index (χ0n) is 13.1. The van der Waals surface area contributed by atoms with Crippen molar-refractivity contribution >= 4 is 11.6 Å². The molecule has 0 aliphatic carbocycles. The summed E-state index contributed by atoms with van der Waals surface area (Å²) in [7, 11) is 0. The van der Waals surface area contributed by atoms with Crippen LogP contribution in [-0.2, 0) is 0 Å². The van der Waals surface area contributed by atoms with Gasteiger partial charge in [-0.15, -0.1) is 0 Å². The summed E-state index contributed by atoms with van der Waals surface area (Å²) in [5, 5.41) is 3.33. The second kappa shape index (κ2) is 6.06. The van der Waals surface area contributed by atoms with E-state index in [2.05, 4.69) is 30.1 Å². The van der Waals surface area contributed by atoms with E-state index in [1.165, 1.54) is 24.9 Å². The lowest BCUT2D eigenvalue weighted by Gasteiger charge is -2.37. The van der Waals surface area contributed by atoms with Crippen molar-refractivity contribution in [3.8, 4) is 0 Å². The molecule has 1 N–H and O–H groups in total. The Labute approximate surface area is 127 Å². The molecule has 0 radical (unpaired) electrons. The minimum Gasteiger partial charge on any atom is -0.385 e. The standard InChI is InChI=1S/C17H25N3O/c1-3-18-16-11-13(2)6-7-15(16)17(21)20-10-9-19-8-4-5-14(19)12-20/h6-7,11,14,18H,3-5,8-10,12H2,1-2H3. The van der Waals surface area contributed by atoms with E-state index in [1.807, 2.05) is 17.0 Å². The summed E-state index contributed by atoms with van der Waals surface area (Å²) in [6, 6.07) is 6.65.